The Labute approximate surface area is 276 Å². The number of unbranched alkanes of at least 4 members (excludes halogenated alkanes) is 30. The molecule has 0 heterocycles. The van der Waals surface area contributed by atoms with Crippen LogP contribution < -0.4 is 0 Å². The van der Waals surface area contributed by atoms with E-state index in [1.165, 1.54) is 230 Å². The van der Waals surface area contributed by atoms with Gasteiger partial charge in [-0.3, -0.25) is 0 Å². The van der Waals surface area contributed by atoms with Crippen LogP contribution >= 0.6 is 0 Å². The summed E-state index contributed by atoms with van der Waals surface area (Å²) >= 11 is 0. The van der Waals surface area contributed by atoms with E-state index in [9.17, 15) is 0 Å². The molecule has 0 radical (unpaired) electrons. The molecule has 260 valence electrons. The first-order valence-electron chi connectivity index (χ1n) is 20.9. The van der Waals surface area contributed by atoms with Crippen molar-refractivity contribution < 1.29 is 4.43 Å². The highest BCUT2D eigenvalue weighted by molar-refractivity contribution is 6.73. The first kappa shape index (κ1) is 43.2. The summed E-state index contributed by atoms with van der Waals surface area (Å²) in [5.41, 5.74) is 0. The predicted octanol–water partition coefficient (Wildman–Crippen LogP) is 15.9. The molecule has 0 spiro atoms. The van der Waals surface area contributed by atoms with Crippen molar-refractivity contribution >= 4 is 8.32 Å². The summed E-state index contributed by atoms with van der Waals surface area (Å²) in [5.74, 6) is 0. The van der Waals surface area contributed by atoms with Gasteiger partial charge < -0.3 is 4.43 Å². The SMILES string of the molecule is CCCCCCCCCCCCC[Si](CCCCCCCCCCCCC)(CCCCCCCCCCCCC)OCC. The second kappa shape index (κ2) is 36.6. The number of hydrogen-bond donors (Lipinski definition) is 0. The van der Waals surface area contributed by atoms with Gasteiger partial charge in [-0.1, -0.05) is 233 Å². The van der Waals surface area contributed by atoms with Crippen LogP contribution in [0.15, 0.2) is 0 Å². The fraction of sp³-hybridized carbons (Fsp3) is 1.00. The fourth-order valence-electron chi connectivity index (χ4n) is 7.23. The summed E-state index contributed by atoms with van der Waals surface area (Å²) in [5, 5.41) is 0. The monoisotopic (exact) mass is 623 g/mol. The van der Waals surface area contributed by atoms with Gasteiger partial charge in [-0.15, -0.1) is 0 Å². The zero-order valence-corrected chi connectivity index (χ0v) is 32.1. The summed E-state index contributed by atoms with van der Waals surface area (Å²) in [7, 11) is -1.58. The zero-order valence-electron chi connectivity index (χ0n) is 31.1. The Morgan fingerprint density at radius 2 is 0.442 bits per heavy atom. The first-order valence-corrected chi connectivity index (χ1v) is 23.4. The minimum Gasteiger partial charge on any atom is -0.417 e. The lowest BCUT2D eigenvalue weighted by molar-refractivity contribution is 0.313. The molecule has 0 saturated carbocycles. The van der Waals surface area contributed by atoms with Gasteiger partial charge >= 0.3 is 0 Å². The molecule has 0 atom stereocenters. The van der Waals surface area contributed by atoms with E-state index in [1.54, 1.807) is 0 Å². The summed E-state index contributed by atoms with van der Waals surface area (Å²) in [4.78, 5) is 0. The third-order valence-electron chi connectivity index (χ3n) is 10.2. The minimum absolute atomic E-state index is 0.959. The molecule has 0 rings (SSSR count). The van der Waals surface area contributed by atoms with Gasteiger partial charge in [0.25, 0.3) is 0 Å². The van der Waals surface area contributed by atoms with Crippen molar-refractivity contribution in [2.45, 2.75) is 258 Å². The van der Waals surface area contributed by atoms with Gasteiger partial charge in [-0.25, -0.2) is 0 Å². The summed E-state index contributed by atoms with van der Waals surface area (Å²) in [6.07, 6.45) is 47.9. The van der Waals surface area contributed by atoms with E-state index in [0.717, 1.165) is 6.61 Å². The Kier molecular flexibility index (Phi) is 36.8. The number of hydrogen-bond acceptors (Lipinski definition) is 1. The molecule has 0 fully saturated rings. The molecule has 0 aliphatic rings. The van der Waals surface area contributed by atoms with Crippen LogP contribution in [0.1, 0.15) is 240 Å². The molecule has 0 unspecified atom stereocenters. The Hall–Kier alpha value is 0.177. The van der Waals surface area contributed by atoms with Gasteiger partial charge in [-0.05, 0) is 25.1 Å². The standard InChI is InChI=1S/C41H86OSi/c1-5-9-12-15-18-21-24-27-30-33-36-39-43(42-8-4,40-37-34-31-28-25-22-19-16-13-10-6-2)41-38-35-32-29-26-23-20-17-14-11-7-3/h5-41H2,1-4H3. The third-order valence-corrected chi connectivity index (χ3v) is 14.9. The second-order valence-electron chi connectivity index (χ2n) is 14.5. The highest BCUT2D eigenvalue weighted by Crippen LogP contribution is 2.31. The fourth-order valence-corrected chi connectivity index (χ4v) is 11.7. The maximum atomic E-state index is 6.84. The highest BCUT2D eigenvalue weighted by atomic mass is 28.4. The maximum Gasteiger partial charge on any atom is 0.192 e. The van der Waals surface area contributed by atoms with Crippen molar-refractivity contribution in [3.63, 3.8) is 0 Å². The summed E-state index contributed by atoms with van der Waals surface area (Å²) in [6.45, 7) is 10.2. The van der Waals surface area contributed by atoms with E-state index in [0.29, 0.717) is 0 Å². The average Bonchev–Trinajstić information content (AvgIpc) is 3.01. The molecule has 2 heteroatoms. The first-order chi connectivity index (χ1) is 21.2. The quantitative estimate of drug-likeness (QED) is 0.0491. The van der Waals surface area contributed by atoms with Crippen LogP contribution in [0.25, 0.3) is 0 Å². The number of rotatable bonds is 38. The van der Waals surface area contributed by atoms with E-state index in [2.05, 4.69) is 27.7 Å². The lowest BCUT2D eigenvalue weighted by atomic mass is 10.1. The molecule has 0 N–H and O–H groups in total. The Bertz CT molecular complexity index is 428. The molecule has 0 bridgehead atoms. The molecule has 0 aromatic heterocycles. The summed E-state index contributed by atoms with van der Waals surface area (Å²) in [6, 6.07) is 4.36. The van der Waals surface area contributed by atoms with Gasteiger partial charge in [-0.2, -0.15) is 0 Å². The molecule has 1 nitrogen and oxygen atoms in total. The van der Waals surface area contributed by atoms with Gasteiger partial charge in [0, 0.05) is 6.61 Å². The molecule has 0 amide bonds. The van der Waals surface area contributed by atoms with Crippen molar-refractivity contribution in [3.8, 4) is 0 Å². The average molecular weight is 623 g/mol. The Morgan fingerprint density at radius 1 is 0.256 bits per heavy atom. The molecular weight excluding hydrogens is 537 g/mol. The van der Waals surface area contributed by atoms with Crippen LogP contribution in [0.5, 0.6) is 0 Å². The normalized spacial score (nSPS) is 12.0. The van der Waals surface area contributed by atoms with Gasteiger partial charge in [0.2, 0.25) is 0 Å². The second-order valence-corrected chi connectivity index (χ2v) is 18.6. The molecule has 0 aromatic rings. The van der Waals surface area contributed by atoms with Gasteiger partial charge in [0.15, 0.2) is 8.32 Å². The van der Waals surface area contributed by atoms with Crippen molar-refractivity contribution in [3.05, 3.63) is 0 Å². The Morgan fingerprint density at radius 3 is 0.628 bits per heavy atom. The van der Waals surface area contributed by atoms with E-state index in [4.69, 9.17) is 4.43 Å². The molecule has 0 aromatic carbocycles. The van der Waals surface area contributed by atoms with Gasteiger partial charge in [0.05, 0.1) is 0 Å². The lowest BCUT2D eigenvalue weighted by Gasteiger charge is -2.32. The predicted molar refractivity (Wildman–Crippen MR) is 201 cm³/mol. The zero-order chi connectivity index (χ0) is 31.4. The van der Waals surface area contributed by atoms with Crippen molar-refractivity contribution in [1.29, 1.82) is 0 Å². The molecular formula is C41H86OSi. The van der Waals surface area contributed by atoms with Crippen LogP contribution in [0.2, 0.25) is 18.1 Å². The lowest BCUT2D eigenvalue weighted by Crippen LogP contribution is -2.38. The van der Waals surface area contributed by atoms with Crippen LogP contribution in [0, 0.1) is 0 Å². The smallest absolute Gasteiger partial charge is 0.192 e. The van der Waals surface area contributed by atoms with E-state index < -0.39 is 8.32 Å². The van der Waals surface area contributed by atoms with E-state index >= 15 is 0 Å². The molecule has 0 aliphatic carbocycles. The molecule has 43 heavy (non-hydrogen) atoms. The van der Waals surface area contributed by atoms with Crippen LogP contribution in [0.3, 0.4) is 0 Å². The van der Waals surface area contributed by atoms with Gasteiger partial charge in [0.1, 0.15) is 0 Å². The topological polar surface area (TPSA) is 9.23 Å². The van der Waals surface area contributed by atoms with Crippen LogP contribution in [-0.4, -0.2) is 14.9 Å². The summed E-state index contributed by atoms with van der Waals surface area (Å²) < 4.78 is 6.84. The van der Waals surface area contributed by atoms with Crippen molar-refractivity contribution in [2.24, 2.45) is 0 Å². The highest BCUT2D eigenvalue weighted by Gasteiger charge is 2.32. The van der Waals surface area contributed by atoms with E-state index in [1.807, 2.05) is 0 Å². The third kappa shape index (κ3) is 31.9. The van der Waals surface area contributed by atoms with Crippen LogP contribution in [-0.2, 0) is 4.43 Å². The largest absolute Gasteiger partial charge is 0.417 e. The van der Waals surface area contributed by atoms with Crippen molar-refractivity contribution in [2.75, 3.05) is 6.61 Å². The Balaban J connectivity index is 4.35. The maximum absolute atomic E-state index is 6.84. The van der Waals surface area contributed by atoms with E-state index in [-0.39, 0.29) is 0 Å². The molecule has 0 saturated heterocycles. The minimum atomic E-state index is -1.58. The molecule has 0 aliphatic heterocycles. The van der Waals surface area contributed by atoms with Crippen LogP contribution in [0.4, 0.5) is 0 Å². The van der Waals surface area contributed by atoms with Crippen molar-refractivity contribution in [1.82, 2.24) is 0 Å².